The zero-order valence-electron chi connectivity index (χ0n) is 13.4. The van der Waals surface area contributed by atoms with Gasteiger partial charge in [0, 0.05) is 18.2 Å². The summed E-state index contributed by atoms with van der Waals surface area (Å²) in [6, 6.07) is 8.99. The summed E-state index contributed by atoms with van der Waals surface area (Å²) in [5, 5.41) is 5.28. The maximum absolute atomic E-state index is 13.2. The first-order valence-electron chi connectivity index (χ1n) is 7.51. The first-order chi connectivity index (χ1) is 11.4. The minimum absolute atomic E-state index is 0.162. The molecule has 0 unspecified atom stereocenters. The topological polar surface area (TPSA) is 58.2 Å². The Kier molecular flexibility index (Phi) is 5.63. The molecular weight excluding hydrogens is 314 g/mol. The third-order valence-electron chi connectivity index (χ3n) is 3.22. The number of rotatable bonds is 5. The summed E-state index contributed by atoms with van der Waals surface area (Å²) in [4.78, 5) is 24.4. The van der Waals surface area contributed by atoms with E-state index in [0.29, 0.717) is 12.6 Å². The number of carbonyl (C=O) groups excluding carboxylic acids is 2. The normalized spacial score (nSPS) is 10.5. The van der Waals surface area contributed by atoms with Crippen molar-refractivity contribution in [2.45, 2.75) is 13.8 Å². The maximum Gasteiger partial charge on any atom is 0.255 e. The van der Waals surface area contributed by atoms with E-state index in [1.54, 1.807) is 24.3 Å². The Labute approximate surface area is 138 Å². The lowest BCUT2D eigenvalue weighted by Crippen LogP contribution is -2.28. The van der Waals surface area contributed by atoms with Gasteiger partial charge in [-0.15, -0.1) is 0 Å². The molecule has 0 fully saturated rings. The van der Waals surface area contributed by atoms with E-state index < -0.39 is 17.5 Å². The third-order valence-corrected chi connectivity index (χ3v) is 3.22. The van der Waals surface area contributed by atoms with Gasteiger partial charge in [-0.2, -0.15) is 0 Å². The fraction of sp³-hybridized carbons (Fsp3) is 0.222. The van der Waals surface area contributed by atoms with Gasteiger partial charge in [-0.05, 0) is 30.2 Å². The molecule has 4 nitrogen and oxygen atoms in total. The van der Waals surface area contributed by atoms with Crippen LogP contribution in [0.3, 0.4) is 0 Å². The minimum Gasteiger partial charge on any atom is -0.352 e. The summed E-state index contributed by atoms with van der Waals surface area (Å²) in [5.74, 6) is -2.43. The van der Waals surface area contributed by atoms with Gasteiger partial charge < -0.3 is 10.6 Å². The second-order valence-corrected chi connectivity index (χ2v) is 5.76. The molecule has 6 heteroatoms. The van der Waals surface area contributed by atoms with E-state index >= 15 is 0 Å². The number of hydrogen-bond acceptors (Lipinski definition) is 2. The fourth-order valence-electron chi connectivity index (χ4n) is 2.06. The predicted molar refractivity (Wildman–Crippen MR) is 87.9 cm³/mol. The van der Waals surface area contributed by atoms with Gasteiger partial charge in [0.25, 0.3) is 11.8 Å². The van der Waals surface area contributed by atoms with Crippen LogP contribution >= 0.6 is 0 Å². The minimum atomic E-state index is -0.844. The fourth-order valence-corrected chi connectivity index (χ4v) is 2.06. The second kappa shape index (κ2) is 7.68. The number of hydrogen-bond donors (Lipinski definition) is 2. The molecular formula is C18H18F2N2O2. The molecule has 0 spiro atoms. The SMILES string of the molecule is CC(C)CNC(=O)c1ccccc1NC(=O)c1cc(F)cc(F)c1. The van der Waals surface area contributed by atoms with Gasteiger partial charge in [-0.25, -0.2) is 8.78 Å². The Morgan fingerprint density at radius 2 is 1.62 bits per heavy atom. The molecule has 2 aromatic carbocycles. The molecule has 2 aromatic rings. The van der Waals surface area contributed by atoms with E-state index in [-0.39, 0.29) is 28.6 Å². The standard InChI is InChI=1S/C18H18F2N2O2/c1-11(2)10-21-18(24)15-5-3-4-6-16(15)22-17(23)12-7-13(19)9-14(20)8-12/h3-9,11H,10H2,1-2H3,(H,21,24)(H,22,23). The quantitative estimate of drug-likeness (QED) is 0.879. The van der Waals surface area contributed by atoms with Gasteiger partial charge in [0.05, 0.1) is 11.3 Å². The summed E-state index contributed by atoms with van der Waals surface area (Å²) < 4.78 is 26.5. The highest BCUT2D eigenvalue weighted by atomic mass is 19.1. The van der Waals surface area contributed by atoms with E-state index in [0.717, 1.165) is 12.1 Å². The van der Waals surface area contributed by atoms with E-state index in [9.17, 15) is 18.4 Å². The summed E-state index contributed by atoms with van der Waals surface area (Å²) in [5.41, 5.74) is 0.390. The predicted octanol–water partition coefficient (Wildman–Crippen LogP) is 3.60. The zero-order chi connectivity index (χ0) is 17.7. The highest BCUT2D eigenvalue weighted by Crippen LogP contribution is 2.17. The molecule has 2 amide bonds. The van der Waals surface area contributed by atoms with E-state index in [2.05, 4.69) is 10.6 Å². The molecule has 24 heavy (non-hydrogen) atoms. The summed E-state index contributed by atoms with van der Waals surface area (Å²) in [6.07, 6.45) is 0. The Balaban J connectivity index is 2.20. The Morgan fingerprint density at radius 3 is 2.25 bits per heavy atom. The number of halogens is 2. The van der Waals surface area contributed by atoms with Crippen LogP contribution in [0, 0.1) is 17.6 Å². The first kappa shape index (κ1) is 17.6. The largest absolute Gasteiger partial charge is 0.352 e. The molecule has 0 saturated heterocycles. The molecule has 0 aliphatic carbocycles. The van der Waals surface area contributed by atoms with Gasteiger partial charge >= 0.3 is 0 Å². The Hall–Kier alpha value is -2.76. The van der Waals surface area contributed by atoms with Crippen LogP contribution in [0.1, 0.15) is 34.6 Å². The molecule has 126 valence electrons. The van der Waals surface area contributed by atoms with Gasteiger partial charge in [0.1, 0.15) is 11.6 Å². The lowest BCUT2D eigenvalue weighted by molar-refractivity contribution is 0.0950. The molecule has 0 aliphatic rings. The van der Waals surface area contributed by atoms with Crippen molar-refractivity contribution in [2.24, 2.45) is 5.92 Å². The highest BCUT2D eigenvalue weighted by Gasteiger charge is 2.15. The van der Waals surface area contributed by atoms with E-state index in [1.165, 1.54) is 0 Å². The molecule has 0 aliphatic heterocycles. The maximum atomic E-state index is 13.2. The van der Waals surface area contributed by atoms with Crippen molar-refractivity contribution in [1.29, 1.82) is 0 Å². The lowest BCUT2D eigenvalue weighted by Gasteiger charge is -2.12. The van der Waals surface area contributed by atoms with Crippen LogP contribution in [0.5, 0.6) is 0 Å². The lowest BCUT2D eigenvalue weighted by atomic mass is 10.1. The number of nitrogens with one attached hydrogen (secondary N) is 2. The van der Waals surface area contributed by atoms with Crippen LogP contribution in [0.4, 0.5) is 14.5 Å². The van der Waals surface area contributed by atoms with E-state index in [4.69, 9.17) is 0 Å². The van der Waals surface area contributed by atoms with Gasteiger partial charge in [0.15, 0.2) is 0 Å². The van der Waals surface area contributed by atoms with Crippen LogP contribution in [-0.4, -0.2) is 18.4 Å². The van der Waals surface area contributed by atoms with Crippen LogP contribution in [0.25, 0.3) is 0 Å². The number of amides is 2. The van der Waals surface area contributed by atoms with Crippen molar-refractivity contribution in [3.8, 4) is 0 Å². The summed E-state index contributed by atoms with van der Waals surface area (Å²) in [6.45, 7) is 4.43. The average Bonchev–Trinajstić information content (AvgIpc) is 2.52. The first-order valence-corrected chi connectivity index (χ1v) is 7.51. The number of carbonyl (C=O) groups is 2. The molecule has 2 rings (SSSR count). The third kappa shape index (κ3) is 4.62. The van der Waals surface area contributed by atoms with Gasteiger partial charge in [-0.1, -0.05) is 26.0 Å². The Morgan fingerprint density at radius 1 is 1.00 bits per heavy atom. The molecule has 0 aromatic heterocycles. The van der Waals surface area contributed by atoms with Gasteiger partial charge in [0.2, 0.25) is 0 Å². The van der Waals surface area contributed by atoms with E-state index in [1.807, 2.05) is 13.8 Å². The Bertz CT molecular complexity index is 740. The van der Waals surface area contributed by atoms with Crippen molar-refractivity contribution < 1.29 is 18.4 Å². The molecule has 0 atom stereocenters. The second-order valence-electron chi connectivity index (χ2n) is 5.76. The molecule has 0 heterocycles. The van der Waals surface area contributed by atoms with Crippen LogP contribution in [0.15, 0.2) is 42.5 Å². The van der Waals surface area contributed by atoms with Crippen molar-refractivity contribution in [3.63, 3.8) is 0 Å². The van der Waals surface area contributed by atoms with Crippen LogP contribution in [0.2, 0.25) is 0 Å². The summed E-state index contributed by atoms with van der Waals surface area (Å²) in [7, 11) is 0. The van der Waals surface area contributed by atoms with Crippen molar-refractivity contribution in [3.05, 3.63) is 65.2 Å². The zero-order valence-corrected chi connectivity index (χ0v) is 13.4. The number of para-hydroxylation sites is 1. The van der Waals surface area contributed by atoms with Crippen molar-refractivity contribution >= 4 is 17.5 Å². The number of anilines is 1. The average molecular weight is 332 g/mol. The van der Waals surface area contributed by atoms with Crippen LogP contribution in [-0.2, 0) is 0 Å². The van der Waals surface area contributed by atoms with Crippen molar-refractivity contribution in [1.82, 2.24) is 5.32 Å². The summed E-state index contributed by atoms with van der Waals surface area (Å²) >= 11 is 0. The molecule has 2 N–H and O–H groups in total. The smallest absolute Gasteiger partial charge is 0.255 e. The van der Waals surface area contributed by atoms with Crippen LogP contribution < -0.4 is 10.6 Å². The number of benzene rings is 2. The highest BCUT2D eigenvalue weighted by molar-refractivity contribution is 6.09. The van der Waals surface area contributed by atoms with Gasteiger partial charge in [-0.3, -0.25) is 9.59 Å². The molecule has 0 saturated carbocycles. The molecule has 0 bridgehead atoms. The van der Waals surface area contributed by atoms with Crippen molar-refractivity contribution in [2.75, 3.05) is 11.9 Å². The molecule has 0 radical (unpaired) electrons. The monoisotopic (exact) mass is 332 g/mol.